The molecule has 0 saturated carbocycles. The van der Waals surface area contributed by atoms with Gasteiger partial charge < -0.3 is 9.05 Å². The van der Waals surface area contributed by atoms with Crippen LogP contribution >= 0.6 is 9.03 Å². The van der Waals surface area contributed by atoms with Crippen molar-refractivity contribution in [2.75, 3.05) is 0 Å². The summed E-state index contributed by atoms with van der Waals surface area (Å²) in [5.74, 6) is 0.312. The Morgan fingerprint density at radius 1 is 0.529 bits per heavy atom. The molecule has 182 valence electrons. The Kier molecular flexibility index (Phi) is 12.5. The quantitative estimate of drug-likeness (QED) is 0.112. The first-order valence-corrected chi connectivity index (χ1v) is 10.2. The number of rotatable bonds is 4. The van der Waals surface area contributed by atoms with Gasteiger partial charge in [0.05, 0.1) is 11.1 Å². The van der Waals surface area contributed by atoms with Crippen molar-refractivity contribution >= 4 is 9.03 Å². The fourth-order valence-corrected chi connectivity index (χ4v) is 2.69. The molecule has 0 saturated heterocycles. The molecule has 0 N–H and O–H groups in total. The molecule has 0 spiro atoms. The van der Waals surface area contributed by atoms with Crippen molar-refractivity contribution in [1.82, 2.24) is 0 Å². The Morgan fingerprint density at radius 3 is 1.03 bits per heavy atom. The zero-order valence-corrected chi connectivity index (χ0v) is 19.4. The van der Waals surface area contributed by atoms with Crippen molar-refractivity contribution in [1.29, 1.82) is 0 Å². The van der Waals surface area contributed by atoms with Crippen LogP contribution in [0.25, 0.3) is 0 Å². The van der Waals surface area contributed by atoms with Crippen molar-refractivity contribution in [3.05, 3.63) is 120 Å². The minimum absolute atomic E-state index is 0. The summed E-state index contributed by atoms with van der Waals surface area (Å²) in [6.45, 7) is 0. The summed E-state index contributed by atoms with van der Waals surface area (Å²) >= 11 is 0. The van der Waals surface area contributed by atoms with Crippen LogP contribution in [0.4, 0.5) is 26.3 Å². The average molecular weight is 540 g/mol. The van der Waals surface area contributed by atoms with Crippen molar-refractivity contribution in [2.24, 2.45) is 0 Å². The summed E-state index contributed by atoms with van der Waals surface area (Å²) in [7, 11) is -0.609. The third-order valence-electron chi connectivity index (χ3n) is 3.79. The third-order valence-corrected chi connectivity index (χ3v) is 4.43. The van der Waals surface area contributed by atoms with E-state index in [9.17, 15) is 26.3 Å². The van der Waals surface area contributed by atoms with Crippen molar-refractivity contribution < 1.29 is 52.5 Å². The van der Waals surface area contributed by atoms with Gasteiger partial charge in [-0.1, -0.05) is 0 Å². The summed E-state index contributed by atoms with van der Waals surface area (Å²) in [4.78, 5) is 0. The number of benzene rings is 2. The molecule has 4 rings (SSSR count). The second kappa shape index (κ2) is 14.5. The monoisotopic (exact) mass is 540 g/mol. The van der Waals surface area contributed by atoms with Crippen molar-refractivity contribution in [3.63, 3.8) is 0 Å². The van der Waals surface area contributed by atoms with Crippen molar-refractivity contribution in [2.45, 2.75) is 12.4 Å². The van der Waals surface area contributed by atoms with E-state index in [1.807, 2.05) is 60.7 Å². The van der Waals surface area contributed by atoms with Gasteiger partial charge in [0, 0.05) is 0 Å². The molecule has 0 fully saturated rings. The van der Waals surface area contributed by atoms with Crippen LogP contribution < -0.4 is 9.05 Å². The van der Waals surface area contributed by atoms with E-state index in [1.54, 1.807) is 0 Å². The van der Waals surface area contributed by atoms with Crippen LogP contribution in [0.5, 0.6) is 11.5 Å². The Hall–Kier alpha value is -2.73. The van der Waals surface area contributed by atoms with E-state index < -0.39 is 32.5 Å². The van der Waals surface area contributed by atoms with E-state index in [0.29, 0.717) is 0 Å². The molecule has 0 atom stereocenters. The van der Waals surface area contributed by atoms with E-state index in [0.717, 1.165) is 48.5 Å². The topological polar surface area (TPSA) is 18.5 Å². The normalized spacial score (nSPS) is 10.5. The second-order valence-electron chi connectivity index (χ2n) is 6.26. The maximum absolute atomic E-state index is 12.4. The summed E-state index contributed by atoms with van der Waals surface area (Å²) in [6.07, 6.45) is -8.87. The minimum atomic E-state index is -4.43. The van der Waals surface area contributed by atoms with Crippen LogP contribution in [-0.4, -0.2) is 0 Å². The summed E-state index contributed by atoms with van der Waals surface area (Å²) < 4.78 is 84.4. The molecule has 0 aliphatic heterocycles. The van der Waals surface area contributed by atoms with Gasteiger partial charge in [0.15, 0.2) is 0 Å². The maximum atomic E-state index is 12.4. The van der Waals surface area contributed by atoms with E-state index in [1.165, 1.54) is 0 Å². The van der Waals surface area contributed by atoms with Gasteiger partial charge in [-0.25, -0.2) is 24.3 Å². The van der Waals surface area contributed by atoms with Gasteiger partial charge in [0.25, 0.3) is 9.03 Å². The van der Waals surface area contributed by atoms with Gasteiger partial charge in [0.2, 0.25) is 0 Å². The molecule has 10 heteroatoms. The predicted octanol–water partition coefficient (Wildman–Crippen LogP) is 8.50. The molecule has 2 nitrogen and oxygen atoms in total. The van der Waals surface area contributed by atoms with Crippen LogP contribution in [0.1, 0.15) is 11.1 Å². The molecular weight excluding hydrogens is 521 g/mol. The molecule has 0 amide bonds. The van der Waals surface area contributed by atoms with Crippen LogP contribution in [0.15, 0.2) is 109 Å². The van der Waals surface area contributed by atoms with Gasteiger partial charge in [-0.3, -0.25) is 0 Å². The number of halogens is 6. The second-order valence-corrected chi connectivity index (χ2v) is 6.83. The third kappa shape index (κ3) is 11.4. The Morgan fingerprint density at radius 2 is 0.824 bits per heavy atom. The Bertz CT molecular complexity index is 880. The molecule has 0 bridgehead atoms. The summed E-state index contributed by atoms with van der Waals surface area (Å²) in [5, 5.41) is 0. The largest absolute Gasteiger partial charge is 2.00 e. The number of alkyl halides is 6. The van der Waals surface area contributed by atoms with E-state index >= 15 is 0 Å². The number of hydrogen-bond donors (Lipinski definition) is 0. The molecule has 0 heterocycles. The van der Waals surface area contributed by atoms with Crippen LogP contribution in [-0.2, 0) is 29.4 Å². The van der Waals surface area contributed by atoms with E-state index in [2.05, 4.69) is 0 Å². The van der Waals surface area contributed by atoms with E-state index in [-0.39, 0.29) is 28.6 Å². The summed E-state index contributed by atoms with van der Waals surface area (Å²) in [6, 6.07) is 28.0. The Labute approximate surface area is 205 Å². The van der Waals surface area contributed by atoms with Crippen molar-refractivity contribution in [3.8, 4) is 11.5 Å². The fraction of sp³-hybridized carbons (Fsp3) is 0.0833. The molecular formula is C24H19F6FeO2P. The molecule has 0 radical (unpaired) electrons. The minimum Gasteiger partial charge on any atom is -0.441 e. The summed E-state index contributed by atoms with van der Waals surface area (Å²) in [5.41, 5.74) is -1.62. The molecule has 4 aromatic carbocycles. The van der Waals surface area contributed by atoms with E-state index in [4.69, 9.17) is 9.05 Å². The first-order chi connectivity index (χ1) is 15.7. The van der Waals surface area contributed by atoms with Gasteiger partial charge in [-0.05, 0) is 48.5 Å². The zero-order valence-electron chi connectivity index (χ0n) is 17.3. The standard InChI is InChI=1S/C14H9F6O2P.2C5H5.Fe/c15-13(16,17)9-1-5-11(6-2-9)21-23-22-12-7-3-10(4-8-12)14(18,19)20;2*1-2-4-5-3-1;/h1-8,23H;2*1-5H;/q;2*-1;+2. The molecule has 4 aromatic rings. The Balaban J connectivity index is 0.000000430. The molecule has 0 aromatic heterocycles. The number of hydrogen-bond acceptors (Lipinski definition) is 2. The first-order valence-electron chi connectivity index (χ1n) is 9.43. The van der Waals surface area contributed by atoms with Gasteiger partial charge in [-0.2, -0.15) is 62.7 Å². The molecule has 34 heavy (non-hydrogen) atoms. The molecule has 0 aliphatic rings. The van der Waals surface area contributed by atoms with Gasteiger partial charge in [-0.15, -0.1) is 0 Å². The van der Waals surface area contributed by atoms with Gasteiger partial charge in [0.1, 0.15) is 11.5 Å². The van der Waals surface area contributed by atoms with Gasteiger partial charge >= 0.3 is 29.4 Å². The van der Waals surface area contributed by atoms with Crippen LogP contribution in [0.3, 0.4) is 0 Å². The van der Waals surface area contributed by atoms with Crippen LogP contribution in [0, 0.1) is 0 Å². The SMILES string of the molecule is FC(F)(F)c1ccc(OPOc2ccc(C(F)(F)F)cc2)cc1.[Fe+2].c1cc[cH-]c1.c1cc[cH-]c1. The molecule has 0 aliphatic carbocycles. The maximum Gasteiger partial charge on any atom is 2.00 e. The predicted molar refractivity (Wildman–Crippen MR) is 117 cm³/mol. The average Bonchev–Trinajstić information content (AvgIpc) is 3.52. The first kappa shape index (κ1) is 29.3. The van der Waals surface area contributed by atoms with Crippen LogP contribution in [0.2, 0.25) is 0 Å². The zero-order chi connectivity index (χ0) is 24.2. The molecule has 0 unspecified atom stereocenters. The fourth-order valence-electron chi connectivity index (χ4n) is 2.18. The smallest absolute Gasteiger partial charge is 0.441 e.